The highest BCUT2D eigenvalue weighted by molar-refractivity contribution is 9.10. The minimum absolute atomic E-state index is 0.140. The number of amides is 1. The molecule has 1 aromatic carbocycles. The van der Waals surface area contributed by atoms with Crippen LogP contribution >= 0.6 is 27.5 Å². The summed E-state index contributed by atoms with van der Waals surface area (Å²) in [6, 6.07) is 10.9. The second-order valence-corrected chi connectivity index (χ2v) is 5.34. The number of carbonyl (C=O) groups excluding carboxylic acids is 1. The van der Waals surface area contributed by atoms with Gasteiger partial charge in [0.05, 0.1) is 17.0 Å². The molecular weight excluding hydrogens is 328 g/mol. The molecule has 2 aromatic rings. The highest BCUT2D eigenvalue weighted by Crippen LogP contribution is 2.34. The predicted molar refractivity (Wildman–Crippen MR) is 79.9 cm³/mol. The minimum atomic E-state index is -0.140. The zero-order valence-corrected chi connectivity index (χ0v) is 12.0. The van der Waals surface area contributed by atoms with Gasteiger partial charge in [-0.25, -0.2) is 4.98 Å². The first kappa shape index (κ1) is 12.4. The zero-order valence-electron chi connectivity index (χ0n) is 9.65. The first-order chi connectivity index (χ1) is 9.13. The molecule has 94 valence electrons. The Labute approximate surface area is 123 Å². The highest BCUT2D eigenvalue weighted by atomic mass is 79.9. The number of nitrogens with one attached hydrogen (secondary N) is 1. The second kappa shape index (κ2) is 4.79. The number of benzene rings is 1. The molecule has 1 N–H and O–H groups in total. The van der Waals surface area contributed by atoms with Crippen LogP contribution in [0.5, 0.6) is 0 Å². The van der Waals surface area contributed by atoms with Gasteiger partial charge < -0.3 is 5.32 Å². The number of aromatic nitrogens is 1. The van der Waals surface area contributed by atoms with Gasteiger partial charge in [0.25, 0.3) is 5.91 Å². The average molecular weight is 336 g/mol. The molecule has 0 radical (unpaired) electrons. The third-order valence-electron chi connectivity index (χ3n) is 2.79. The van der Waals surface area contributed by atoms with Crippen LogP contribution in [-0.2, 0) is 4.79 Å². The number of carbonyl (C=O) groups is 1. The molecule has 0 atom stereocenters. The van der Waals surface area contributed by atoms with Crippen molar-refractivity contribution in [2.45, 2.75) is 0 Å². The summed E-state index contributed by atoms with van der Waals surface area (Å²) in [6.07, 6.45) is 1.76. The molecule has 1 amide bonds. The number of anilines is 1. The lowest BCUT2D eigenvalue weighted by atomic mass is 10.1. The van der Waals surface area contributed by atoms with E-state index >= 15 is 0 Å². The van der Waals surface area contributed by atoms with Gasteiger partial charge >= 0.3 is 0 Å². The molecule has 0 fully saturated rings. The van der Waals surface area contributed by atoms with E-state index in [-0.39, 0.29) is 5.91 Å². The molecule has 3 rings (SSSR count). The van der Waals surface area contributed by atoms with E-state index in [1.54, 1.807) is 18.2 Å². The summed E-state index contributed by atoms with van der Waals surface area (Å²) in [5, 5.41) is 3.39. The number of hydrogen-bond donors (Lipinski definition) is 1. The molecule has 0 aliphatic carbocycles. The van der Waals surface area contributed by atoms with Crippen LogP contribution in [0.4, 0.5) is 5.69 Å². The monoisotopic (exact) mass is 334 g/mol. The van der Waals surface area contributed by atoms with Crippen molar-refractivity contribution < 1.29 is 4.79 Å². The fourth-order valence-electron chi connectivity index (χ4n) is 1.96. The van der Waals surface area contributed by atoms with Crippen LogP contribution in [0, 0.1) is 0 Å². The van der Waals surface area contributed by atoms with Crippen LogP contribution < -0.4 is 5.32 Å². The second-order valence-electron chi connectivity index (χ2n) is 4.09. The molecule has 0 saturated carbocycles. The Balaban J connectivity index is 2.09. The van der Waals surface area contributed by atoms with Crippen molar-refractivity contribution in [1.82, 2.24) is 4.98 Å². The summed E-state index contributed by atoms with van der Waals surface area (Å²) in [5.41, 5.74) is 2.90. The van der Waals surface area contributed by atoms with Crippen molar-refractivity contribution >= 4 is 50.8 Å². The Morgan fingerprint density at radius 2 is 2.11 bits per heavy atom. The summed E-state index contributed by atoms with van der Waals surface area (Å²) in [7, 11) is 0. The minimum Gasteiger partial charge on any atom is -0.321 e. The zero-order chi connectivity index (χ0) is 13.4. The molecule has 0 unspecified atom stereocenters. The number of rotatable bonds is 1. The van der Waals surface area contributed by atoms with Crippen LogP contribution in [0.3, 0.4) is 0 Å². The summed E-state index contributed by atoms with van der Waals surface area (Å²) in [6.45, 7) is 0. The van der Waals surface area contributed by atoms with Crippen molar-refractivity contribution in [3.05, 3.63) is 57.3 Å². The van der Waals surface area contributed by atoms with Crippen molar-refractivity contribution in [2.75, 3.05) is 5.32 Å². The predicted octanol–water partition coefficient (Wildman–Crippen LogP) is 3.99. The molecule has 1 aliphatic heterocycles. The molecule has 1 aliphatic rings. The maximum absolute atomic E-state index is 12.0. The van der Waals surface area contributed by atoms with Gasteiger partial charge in [-0.2, -0.15) is 0 Å². The molecule has 1 aromatic heterocycles. The maximum atomic E-state index is 12.0. The molecule has 3 nitrogen and oxygen atoms in total. The van der Waals surface area contributed by atoms with Crippen molar-refractivity contribution in [3.63, 3.8) is 0 Å². The van der Waals surface area contributed by atoms with Crippen molar-refractivity contribution in [3.8, 4) is 0 Å². The van der Waals surface area contributed by atoms with E-state index in [1.165, 1.54) is 0 Å². The van der Waals surface area contributed by atoms with Gasteiger partial charge in [-0.1, -0.05) is 23.7 Å². The molecule has 0 spiro atoms. The third kappa shape index (κ3) is 2.41. The standard InChI is InChI=1S/C14H8BrClN2O/c15-13-3-1-2-9(17-13)7-11-10-5-4-8(16)6-12(10)18-14(11)19/h1-7H,(H,18,19)/b11-7-. The fraction of sp³-hybridized carbons (Fsp3) is 0. The SMILES string of the molecule is O=C1Nc2cc(Cl)ccc2/C1=C/c1cccc(Br)n1. The molecule has 5 heteroatoms. The van der Waals surface area contributed by atoms with Crippen LogP contribution in [-0.4, -0.2) is 10.9 Å². The van der Waals surface area contributed by atoms with E-state index < -0.39 is 0 Å². The van der Waals surface area contributed by atoms with Gasteiger partial charge in [-0.05, 0) is 46.3 Å². The van der Waals surface area contributed by atoms with Crippen LogP contribution in [0.15, 0.2) is 41.0 Å². The van der Waals surface area contributed by atoms with Crippen molar-refractivity contribution in [1.29, 1.82) is 0 Å². The molecule has 19 heavy (non-hydrogen) atoms. The smallest absolute Gasteiger partial charge is 0.256 e. The van der Waals surface area contributed by atoms with Gasteiger partial charge in [0, 0.05) is 10.6 Å². The Morgan fingerprint density at radius 1 is 1.26 bits per heavy atom. The first-order valence-corrected chi connectivity index (χ1v) is 6.76. The fourth-order valence-corrected chi connectivity index (χ4v) is 2.49. The normalized spacial score (nSPS) is 15.5. The van der Waals surface area contributed by atoms with Gasteiger partial charge in [-0.15, -0.1) is 0 Å². The summed E-state index contributed by atoms with van der Waals surface area (Å²) in [5.74, 6) is -0.140. The van der Waals surface area contributed by atoms with Gasteiger partial charge in [0.2, 0.25) is 0 Å². The van der Waals surface area contributed by atoms with Gasteiger partial charge in [0.1, 0.15) is 4.60 Å². The topological polar surface area (TPSA) is 42.0 Å². The molecule has 2 heterocycles. The number of hydrogen-bond acceptors (Lipinski definition) is 2. The quantitative estimate of drug-likeness (QED) is 0.632. The van der Waals surface area contributed by atoms with E-state index in [0.717, 1.165) is 21.5 Å². The largest absolute Gasteiger partial charge is 0.321 e. The average Bonchev–Trinajstić information content (AvgIpc) is 2.65. The number of pyridine rings is 1. The van der Waals surface area contributed by atoms with Gasteiger partial charge in [0.15, 0.2) is 0 Å². The van der Waals surface area contributed by atoms with E-state index in [1.807, 2.05) is 24.3 Å². The first-order valence-electron chi connectivity index (χ1n) is 5.59. The maximum Gasteiger partial charge on any atom is 0.256 e. The lowest BCUT2D eigenvalue weighted by Crippen LogP contribution is -2.03. The number of halogens is 2. The Bertz CT molecular complexity index is 712. The van der Waals surface area contributed by atoms with Crippen LogP contribution in [0.1, 0.15) is 11.3 Å². The van der Waals surface area contributed by atoms with Gasteiger partial charge in [-0.3, -0.25) is 4.79 Å². The van der Waals surface area contributed by atoms with Crippen molar-refractivity contribution in [2.24, 2.45) is 0 Å². The number of nitrogens with zero attached hydrogens (tertiary/aromatic N) is 1. The summed E-state index contributed by atoms with van der Waals surface area (Å²) in [4.78, 5) is 16.3. The van der Waals surface area contributed by atoms with E-state index in [2.05, 4.69) is 26.2 Å². The highest BCUT2D eigenvalue weighted by Gasteiger charge is 2.24. The Kier molecular flexibility index (Phi) is 3.12. The van der Waals surface area contributed by atoms with E-state index in [0.29, 0.717) is 10.6 Å². The molecule has 0 saturated heterocycles. The Hall–Kier alpha value is -1.65. The molecular formula is C14H8BrClN2O. The summed E-state index contributed by atoms with van der Waals surface area (Å²) >= 11 is 9.22. The van der Waals surface area contributed by atoms with Crippen LogP contribution in [0.2, 0.25) is 5.02 Å². The molecule has 0 bridgehead atoms. The lowest BCUT2D eigenvalue weighted by molar-refractivity contribution is -0.110. The third-order valence-corrected chi connectivity index (χ3v) is 3.47. The number of fused-ring (bicyclic) bond motifs is 1. The summed E-state index contributed by atoms with van der Waals surface area (Å²) < 4.78 is 0.733. The van der Waals surface area contributed by atoms with E-state index in [4.69, 9.17) is 11.6 Å². The van der Waals surface area contributed by atoms with Crippen LogP contribution in [0.25, 0.3) is 11.6 Å². The Morgan fingerprint density at radius 3 is 2.89 bits per heavy atom. The lowest BCUT2D eigenvalue weighted by Gasteiger charge is -1.99. The van der Waals surface area contributed by atoms with E-state index in [9.17, 15) is 4.79 Å².